The van der Waals surface area contributed by atoms with E-state index in [-0.39, 0.29) is 5.25 Å². The lowest BCUT2D eigenvalue weighted by Crippen LogP contribution is -2.32. The van der Waals surface area contributed by atoms with Crippen molar-refractivity contribution < 1.29 is 8.42 Å². The standard InChI is InChI=1S/C10H21NO2S/c1-9(2)11-7-8-14(12,13)10-5-3-4-6-10/h9-11H,3-8H2,1-2H3. The van der Waals surface area contributed by atoms with E-state index in [1.54, 1.807) is 0 Å². The fraction of sp³-hybridized carbons (Fsp3) is 1.00. The zero-order chi connectivity index (χ0) is 10.6. The molecule has 0 unspecified atom stereocenters. The van der Waals surface area contributed by atoms with E-state index in [0.717, 1.165) is 25.7 Å². The van der Waals surface area contributed by atoms with Gasteiger partial charge in [-0.25, -0.2) is 8.42 Å². The van der Waals surface area contributed by atoms with E-state index in [1.807, 2.05) is 13.8 Å². The lowest BCUT2D eigenvalue weighted by Gasteiger charge is -2.12. The molecule has 1 fully saturated rings. The van der Waals surface area contributed by atoms with Crippen molar-refractivity contribution >= 4 is 9.84 Å². The van der Waals surface area contributed by atoms with Crippen molar-refractivity contribution in [3.8, 4) is 0 Å². The summed E-state index contributed by atoms with van der Waals surface area (Å²) in [4.78, 5) is 0. The van der Waals surface area contributed by atoms with E-state index in [4.69, 9.17) is 0 Å². The Balaban J connectivity index is 2.34. The summed E-state index contributed by atoms with van der Waals surface area (Å²) in [5.74, 6) is 0.301. The first kappa shape index (κ1) is 12.0. The minimum absolute atomic E-state index is 0.0449. The van der Waals surface area contributed by atoms with Gasteiger partial charge in [0.2, 0.25) is 0 Å². The summed E-state index contributed by atoms with van der Waals surface area (Å²) in [6.45, 7) is 4.65. The fourth-order valence-corrected chi connectivity index (χ4v) is 3.69. The molecule has 0 saturated heterocycles. The van der Waals surface area contributed by atoms with Gasteiger partial charge >= 0.3 is 0 Å². The summed E-state index contributed by atoms with van der Waals surface area (Å²) in [5, 5.41) is 3.10. The van der Waals surface area contributed by atoms with Crippen LogP contribution >= 0.6 is 0 Å². The molecule has 1 aliphatic rings. The average Bonchev–Trinajstić information content (AvgIpc) is 2.54. The van der Waals surface area contributed by atoms with Gasteiger partial charge in [-0.3, -0.25) is 0 Å². The van der Waals surface area contributed by atoms with E-state index in [2.05, 4.69) is 5.32 Å². The highest BCUT2D eigenvalue weighted by Gasteiger charge is 2.27. The molecule has 1 aliphatic carbocycles. The zero-order valence-electron chi connectivity index (χ0n) is 9.12. The van der Waals surface area contributed by atoms with Gasteiger partial charge in [0.25, 0.3) is 0 Å². The van der Waals surface area contributed by atoms with Gasteiger partial charge in [0, 0.05) is 12.6 Å². The van der Waals surface area contributed by atoms with Crippen LogP contribution in [0.15, 0.2) is 0 Å². The topological polar surface area (TPSA) is 46.2 Å². The molecule has 3 nitrogen and oxygen atoms in total. The second kappa shape index (κ2) is 5.12. The van der Waals surface area contributed by atoms with Crippen LogP contribution in [0.2, 0.25) is 0 Å². The smallest absolute Gasteiger partial charge is 0.154 e. The summed E-state index contributed by atoms with van der Waals surface area (Å²) >= 11 is 0. The Morgan fingerprint density at radius 2 is 1.86 bits per heavy atom. The Morgan fingerprint density at radius 1 is 1.29 bits per heavy atom. The molecule has 4 heteroatoms. The normalized spacial score (nSPS) is 19.4. The number of hydrogen-bond acceptors (Lipinski definition) is 3. The van der Waals surface area contributed by atoms with Crippen LogP contribution in [0.3, 0.4) is 0 Å². The fourth-order valence-electron chi connectivity index (χ4n) is 1.90. The van der Waals surface area contributed by atoms with Gasteiger partial charge in [0.05, 0.1) is 11.0 Å². The second-order valence-corrected chi connectivity index (χ2v) is 6.78. The molecule has 0 aliphatic heterocycles. The van der Waals surface area contributed by atoms with E-state index in [0.29, 0.717) is 18.3 Å². The highest BCUT2D eigenvalue weighted by molar-refractivity contribution is 7.92. The van der Waals surface area contributed by atoms with Gasteiger partial charge in [-0.05, 0) is 12.8 Å². The van der Waals surface area contributed by atoms with Crippen LogP contribution in [0.1, 0.15) is 39.5 Å². The van der Waals surface area contributed by atoms with Gasteiger partial charge < -0.3 is 5.32 Å². The minimum Gasteiger partial charge on any atom is -0.314 e. The molecule has 1 N–H and O–H groups in total. The molecule has 0 radical (unpaired) electrons. The Kier molecular flexibility index (Phi) is 4.38. The zero-order valence-corrected chi connectivity index (χ0v) is 9.94. The molecule has 1 saturated carbocycles. The summed E-state index contributed by atoms with van der Waals surface area (Å²) in [6.07, 6.45) is 3.93. The Hall–Kier alpha value is -0.0900. The molecule has 1 rings (SSSR count). The molecule has 0 bridgehead atoms. The van der Waals surface area contributed by atoms with E-state index < -0.39 is 9.84 Å². The van der Waals surface area contributed by atoms with Gasteiger partial charge in [-0.15, -0.1) is 0 Å². The number of hydrogen-bond donors (Lipinski definition) is 1. The first-order valence-corrected chi connectivity index (χ1v) is 7.19. The summed E-state index contributed by atoms with van der Waals surface area (Å²) in [6, 6.07) is 0.369. The lowest BCUT2D eigenvalue weighted by atomic mass is 10.4. The molecule has 0 aromatic rings. The summed E-state index contributed by atoms with van der Waals surface area (Å²) < 4.78 is 23.5. The summed E-state index contributed by atoms with van der Waals surface area (Å²) in [7, 11) is -2.82. The Morgan fingerprint density at radius 3 is 2.36 bits per heavy atom. The molecule has 0 spiro atoms. The summed E-state index contributed by atoms with van der Waals surface area (Å²) in [5.41, 5.74) is 0. The molecule has 0 heterocycles. The van der Waals surface area contributed by atoms with Crippen molar-refractivity contribution in [3.63, 3.8) is 0 Å². The van der Waals surface area contributed by atoms with Crippen molar-refractivity contribution in [1.82, 2.24) is 5.32 Å². The van der Waals surface area contributed by atoms with Crippen LogP contribution < -0.4 is 5.32 Å². The lowest BCUT2D eigenvalue weighted by molar-refractivity contribution is 0.565. The minimum atomic E-state index is -2.82. The third-order valence-corrected chi connectivity index (χ3v) is 5.01. The van der Waals surface area contributed by atoms with Crippen molar-refractivity contribution in [2.75, 3.05) is 12.3 Å². The van der Waals surface area contributed by atoms with E-state index in [9.17, 15) is 8.42 Å². The molecule has 84 valence electrons. The van der Waals surface area contributed by atoms with Crippen molar-refractivity contribution in [2.24, 2.45) is 0 Å². The van der Waals surface area contributed by atoms with Gasteiger partial charge in [-0.1, -0.05) is 26.7 Å². The number of rotatable bonds is 5. The quantitative estimate of drug-likeness (QED) is 0.759. The first-order valence-electron chi connectivity index (χ1n) is 5.47. The average molecular weight is 219 g/mol. The maximum Gasteiger partial charge on any atom is 0.154 e. The maximum atomic E-state index is 11.8. The molecule has 14 heavy (non-hydrogen) atoms. The van der Waals surface area contributed by atoms with Gasteiger partial charge in [0.15, 0.2) is 9.84 Å². The number of nitrogens with one attached hydrogen (secondary N) is 1. The van der Waals surface area contributed by atoms with Crippen LogP contribution in [-0.4, -0.2) is 32.0 Å². The van der Waals surface area contributed by atoms with Crippen molar-refractivity contribution in [1.29, 1.82) is 0 Å². The molecule has 0 amide bonds. The largest absolute Gasteiger partial charge is 0.314 e. The molecular weight excluding hydrogens is 198 g/mol. The first-order chi connectivity index (χ1) is 6.52. The molecular formula is C10H21NO2S. The highest BCUT2D eigenvalue weighted by atomic mass is 32.2. The van der Waals surface area contributed by atoms with Crippen LogP contribution in [0.4, 0.5) is 0 Å². The Bertz CT molecular complexity index is 253. The van der Waals surface area contributed by atoms with E-state index in [1.165, 1.54) is 0 Å². The van der Waals surface area contributed by atoms with Gasteiger partial charge in [0.1, 0.15) is 0 Å². The SMILES string of the molecule is CC(C)NCCS(=O)(=O)C1CCCC1. The van der Waals surface area contributed by atoms with Crippen LogP contribution in [0.5, 0.6) is 0 Å². The molecule has 0 aromatic carbocycles. The van der Waals surface area contributed by atoms with Gasteiger partial charge in [-0.2, -0.15) is 0 Å². The maximum absolute atomic E-state index is 11.8. The monoisotopic (exact) mass is 219 g/mol. The molecule has 0 atom stereocenters. The third-order valence-electron chi connectivity index (χ3n) is 2.75. The van der Waals surface area contributed by atoms with Crippen molar-refractivity contribution in [3.05, 3.63) is 0 Å². The van der Waals surface area contributed by atoms with E-state index >= 15 is 0 Å². The van der Waals surface area contributed by atoms with Crippen LogP contribution in [-0.2, 0) is 9.84 Å². The third kappa shape index (κ3) is 3.58. The second-order valence-electron chi connectivity index (χ2n) is 4.38. The van der Waals surface area contributed by atoms with Crippen LogP contribution in [0, 0.1) is 0 Å². The predicted molar refractivity (Wildman–Crippen MR) is 59.2 cm³/mol. The molecule has 0 aromatic heterocycles. The van der Waals surface area contributed by atoms with Crippen LogP contribution in [0.25, 0.3) is 0 Å². The number of sulfone groups is 1. The Labute approximate surface area is 87.2 Å². The predicted octanol–water partition coefficient (Wildman–Crippen LogP) is 1.34. The highest BCUT2D eigenvalue weighted by Crippen LogP contribution is 2.24. The van der Waals surface area contributed by atoms with Crippen molar-refractivity contribution in [2.45, 2.75) is 50.8 Å².